The first-order chi connectivity index (χ1) is 15.2. The average Bonchev–Trinajstić information content (AvgIpc) is 3.03. The third kappa shape index (κ3) is 5.57. The maximum absolute atomic E-state index is 12.8. The number of anilines is 1. The van der Waals surface area contributed by atoms with Gasteiger partial charge in [0.05, 0.1) is 12.0 Å². The average molecular weight is 474 g/mol. The molecule has 0 aromatic heterocycles. The third-order valence-corrected chi connectivity index (χ3v) is 7.17. The van der Waals surface area contributed by atoms with Crippen LogP contribution in [0.2, 0.25) is 0 Å². The summed E-state index contributed by atoms with van der Waals surface area (Å²) in [6, 6.07) is 13.1. The van der Waals surface area contributed by atoms with Gasteiger partial charge in [-0.2, -0.15) is 8.42 Å². The molecule has 1 atom stereocenters. The van der Waals surface area contributed by atoms with E-state index in [1.165, 1.54) is 23.1 Å². The second-order valence-corrected chi connectivity index (χ2v) is 9.76. The molecule has 1 saturated heterocycles. The molecule has 1 heterocycles. The number of methoxy groups -OCH3 is 1. The topological polar surface area (TPSA) is 105 Å². The summed E-state index contributed by atoms with van der Waals surface area (Å²) >= 11 is 0.955. The van der Waals surface area contributed by atoms with Crippen molar-refractivity contribution < 1.29 is 22.7 Å². The van der Waals surface area contributed by atoms with Crippen molar-refractivity contribution in [2.24, 2.45) is 4.40 Å². The van der Waals surface area contributed by atoms with Crippen LogP contribution in [0.5, 0.6) is 5.75 Å². The van der Waals surface area contributed by atoms with E-state index in [4.69, 9.17) is 4.74 Å². The van der Waals surface area contributed by atoms with Crippen LogP contribution in [-0.4, -0.2) is 49.2 Å². The van der Waals surface area contributed by atoms with Gasteiger partial charge in [0.25, 0.3) is 10.0 Å². The first-order valence-corrected chi connectivity index (χ1v) is 12.0. The molecule has 168 valence electrons. The molecule has 2 aromatic carbocycles. The fourth-order valence-corrected chi connectivity index (χ4v) is 5.29. The fourth-order valence-electron chi connectivity index (χ4n) is 2.93. The standard InChI is InChI=1S/C22H23N3O5S2/c1-4-13-25-21(27)19(14-20(26)23-16-7-9-17(30-3)10-8-16)31-22(25)24-32(28,29)18-11-5-15(2)6-12-18/h4-12,19H,1,13-14H2,2-3H3,(H,23,26)/b24-22-. The molecule has 2 aromatic rings. The van der Waals surface area contributed by atoms with Gasteiger partial charge in [-0.15, -0.1) is 11.0 Å². The number of sulfonamides is 1. The number of rotatable bonds is 8. The number of carbonyl (C=O) groups is 2. The molecule has 1 fully saturated rings. The van der Waals surface area contributed by atoms with Crippen LogP contribution in [0.3, 0.4) is 0 Å². The molecule has 1 N–H and O–H groups in total. The molecule has 1 unspecified atom stereocenters. The van der Waals surface area contributed by atoms with E-state index < -0.39 is 21.2 Å². The second kappa shape index (κ2) is 10.0. The molecule has 10 heteroatoms. The van der Waals surface area contributed by atoms with Gasteiger partial charge in [0, 0.05) is 18.7 Å². The minimum Gasteiger partial charge on any atom is -0.497 e. The second-order valence-electron chi connectivity index (χ2n) is 6.99. The van der Waals surface area contributed by atoms with Crippen LogP contribution < -0.4 is 10.1 Å². The van der Waals surface area contributed by atoms with E-state index >= 15 is 0 Å². The number of aryl methyl sites for hydroxylation is 1. The van der Waals surface area contributed by atoms with E-state index in [0.717, 1.165) is 17.3 Å². The van der Waals surface area contributed by atoms with Crippen LogP contribution in [0.15, 0.2) is 70.5 Å². The highest BCUT2D eigenvalue weighted by Gasteiger charge is 2.39. The fraction of sp³-hybridized carbons (Fsp3) is 0.227. The molecule has 1 aliphatic heterocycles. The number of thioether (sulfide) groups is 1. The lowest BCUT2D eigenvalue weighted by molar-refractivity contribution is -0.127. The van der Waals surface area contributed by atoms with Crippen LogP contribution >= 0.6 is 11.8 Å². The van der Waals surface area contributed by atoms with Gasteiger partial charge in [0.2, 0.25) is 11.8 Å². The summed E-state index contributed by atoms with van der Waals surface area (Å²) in [6.45, 7) is 5.55. The number of ether oxygens (including phenoxy) is 1. The zero-order chi connectivity index (χ0) is 23.3. The van der Waals surface area contributed by atoms with Gasteiger partial charge in [-0.1, -0.05) is 35.5 Å². The maximum Gasteiger partial charge on any atom is 0.284 e. The van der Waals surface area contributed by atoms with E-state index in [0.29, 0.717) is 11.4 Å². The Bertz CT molecular complexity index is 1140. The summed E-state index contributed by atoms with van der Waals surface area (Å²) in [4.78, 5) is 26.6. The Hall–Kier alpha value is -3.11. The molecular formula is C22H23N3O5S2. The van der Waals surface area contributed by atoms with Crippen LogP contribution in [0.25, 0.3) is 0 Å². The van der Waals surface area contributed by atoms with Crippen molar-refractivity contribution in [3.63, 3.8) is 0 Å². The minimum absolute atomic E-state index is 0.0257. The van der Waals surface area contributed by atoms with Crippen molar-refractivity contribution in [2.75, 3.05) is 19.0 Å². The monoisotopic (exact) mass is 473 g/mol. The lowest BCUT2D eigenvalue weighted by atomic mass is 10.2. The summed E-state index contributed by atoms with van der Waals surface area (Å²) in [5.74, 6) is -0.111. The number of nitrogens with one attached hydrogen (secondary N) is 1. The highest BCUT2D eigenvalue weighted by Crippen LogP contribution is 2.31. The minimum atomic E-state index is -4.02. The Kier molecular flexibility index (Phi) is 7.37. The quantitative estimate of drug-likeness (QED) is 0.591. The van der Waals surface area contributed by atoms with Crippen molar-refractivity contribution >= 4 is 44.5 Å². The Balaban J connectivity index is 1.76. The van der Waals surface area contributed by atoms with Crippen molar-refractivity contribution in [2.45, 2.75) is 23.5 Å². The highest BCUT2D eigenvalue weighted by molar-refractivity contribution is 8.16. The number of nitrogens with zero attached hydrogens (tertiary/aromatic N) is 2. The van der Waals surface area contributed by atoms with Gasteiger partial charge in [0.1, 0.15) is 11.0 Å². The number of carbonyl (C=O) groups excluding carboxylic acids is 2. The number of hydrogen-bond donors (Lipinski definition) is 1. The summed E-state index contributed by atoms with van der Waals surface area (Å²) in [7, 11) is -2.47. The summed E-state index contributed by atoms with van der Waals surface area (Å²) in [5, 5.41) is 1.96. The van der Waals surface area contributed by atoms with Gasteiger partial charge in [-0.25, -0.2) is 0 Å². The van der Waals surface area contributed by atoms with E-state index in [9.17, 15) is 18.0 Å². The molecule has 32 heavy (non-hydrogen) atoms. The molecule has 0 radical (unpaired) electrons. The SMILES string of the molecule is C=CCN1C(=O)C(CC(=O)Nc2ccc(OC)cc2)S/C1=N\S(=O)(=O)c1ccc(C)cc1. The molecule has 3 rings (SSSR count). The normalized spacial score (nSPS) is 17.4. The maximum atomic E-state index is 12.8. The van der Waals surface area contributed by atoms with Crippen LogP contribution in [-0.2, 0) is 19.6 Å². The van der Waals surface area contributed by atoms with Crippen molar-refractivity contribution in [3.8, 4) is 5.75 Å². The van der Waals surface area contributed by atoms with Crippen LogP contribution in [0.1, 0.15) is 12.0 Å². The molecule has 0 saturated carbocycles. The smallest absolute Gasteiger partial charge is 0.284 e. The summed E-state index contributed by atoms with van der Waals surface area (Å²) < 4.78 is 34.4. The Morgan fingerprint density at radius 2 is 1.88 bits per heavy atom. The van der Waals surface area contributed by atoms with E-state index in [1.807, 2.05) is 6.92 Å². The van der Waals surface area contributed by atoms with Crippen molar-refractivity contribution in [1.29, 1.82) is 0 Å². The third-order valence-electron chi connectivity index (χ3n) is 4.59. The van der Waals surface area contributed by atoms with Gasteiger partial charge >= 0.3 is 0 Å². The van der Waals surface area contributed by atoms with Crippen LogP contribution in [0.4, 0.5) is 5.69 Å². The van der Waals surface area contributed by atoms with Gasteiger partial charge in [-0.05, 0) is 43.3 Å². The number of hydrogen-bond acceptors (Lipinski definition) is 6. The number of benzene rings is 2. The van der Waals surface area contributed by atoms with E-state index in [2.05, 4.69) is 16.3 Å². The Morgan fingerprint density at radius 3 is 2.47 bits per heavy atom. The molecule has 0 spiro atoms. The Morgan fingerprint density at radius 1 is 1.22 bits per heavy atom. The lowest BCUT2D eigenvalue weighted by Crippen LogP contribution is -2.33. The zero-order valence-corrected chi connectivity index (χ0v) is 19.3. The predicted octanol–water partition coefficient (Wildman–Crippen LogP) is 3.21. The van der Waals surface area contributed by atoms with E-state index in [-0.39, 0.29) is 28.9 Å². The molecule has 1 aliphatic rings. The lowest BCUT2D eigenvalue weighted by Gasteiger charge is -2.13. The van der Waals surface area contributed by atoms with Crippen molar-refractivity contribution in [3.05, 3.63) is 66.7 Å². The predicted molar refractivity (Wildman–Crippen MR) is 125 cm³/mol. The summed E-state index contributed by atoms with van der Waals surface area (Å²) in [6.07, 6.45) is 1.35. The molecule has 2 amide bonds. The molecule has 8 nitrogen and oxygen atoms in total. The van der Waals surface area contributed by atoms with Gasteiger partial charge in [0.15, 0.2) is 5.17 Å². The summed E-state index contributed by atoms with van der Waals surface area (Å²) in [5.41, 5.74) is 1.48. The molecule has 0 aliphatic carbocycles. The zero-order valence-electron chi connectivity index (χ0n) is 17.6. The first-order valence-electron chi connectivity index (χ1n) is 9.68. The largest absolute Gasteiger partial charge is 0.497 e. The number of amidine groups is 1. The van der Waals surface area contributed by atoms with Crippen LogP contribution in [0, 0.1) is 6.92 Å². The Labute approximate surface area is 191 Å². The van der Waals surface area contributed by atoms with Gasteiger partial charge < -0.3 is 10.1 Å². The molecule has 0 bridgehead atoms. The highest BCUT2D eigenvalue weighted by atomic mass is 32.2. The van der Waals surface area contributed by atoms with E-state index in [1.54, 1.807) is 43.5 Å². The van der Waals surface area contributed by atoms with Gasteiger partial charge in [-0.3, -0.25) is 14.5 Å². The van der Waals surface area contributed by atoms with Crippen molar-refractivity contribution in [1.82, 2.24) is 4.90 Å². The number of amides is 2. The molecular weight excluding hydrogens is 450 g/mol. The first kappa shape index (κ1) is 23.6.